The van der Waals surface area contributed by atoms with Gasteiger partial charge in [-0.2, -0.15) is 0 Å². The number of benzene rings is 15. The number of aryl methyl sites for hydroxylation is 11. The monoisotopic (exact) mass is 1660 g/mol. The van der Waals surface area contributed by atoms with Gasteiger partial charge in [0, 0.05) is 134 Å². The molecular weight excluding hydrogens is 1560 g/mol. The normalized spacial score (nSPS) is 12.5. The summed E-state index contributed by atoms with van der Waals surface area (Å²) in [6, 6.07) is 113. The summed E-state index contributed by atoms with van der Waals surface area (Å²) in [5.74, 6) is 0.844. The maximum Gasteiger partial charge on any atom is 0.213 e. The summed E-state index contributed by atoms with van der Waals surface area (Å²) in [5.41, 5.74) is 34.9. The van der Waals surface area contributed by atoms with Gasteiger partial charge in [-0.15, -0.1) is 0 Å². The zero-order chi connectivity index (χ0) is 87.1. The lowest BCUT2D eigenvalue weighted by molar-refractivity contribution is -0.660. The largest absolute Gasteiger partial charge is 0.455 e. The van der Waals surface area contributed by atoms with Gasteiger partial charge in [0.1, 0.15) is 72.9 Å². The molecule has 1 fully saturated rings. The Hall–Kier alpha value is -14.9. The molecule has 0 atom stereocenters. The first kappa shape index (κ1) is 80.3. The van der Waals surface area contributed by atoms with Gasteiger partial charge in [0.15, 0.2) is 24.8 Å². The molecule has 8 heteroatoms. The topological polar surface area (TPSA) is 68.1 Å². The van der Waals surface area contributed by atoms with E-state index in [1.807, 2.05) is 0 Å². The Morgan fingerprint density at radius 2 is 0.555 bits per heavy atom. The van der Waals surface area contributed by atoms with Crippen molar-refractivity contribution in [2.24, 2.45) is 34.1 Å². The Morgan fingerprint density at radius 1 is 0.234 bits per heavy atom. The third-order valence-corrected chi connectivity index (χ3v) is 27.4. The average molecular weight is 1660 g/mol. The molecule has 24 rings (SSSR count). The number of hydrogen-bond donors (Lipinski definition) is 0. The second-order valence-corrected chi connectivity index (χ2v) is 35.5. The molecule has 0 N–H and O–H groups in total. The standard InChI is InChI=1S/C31H26NO.C30H24NO.C30H30NO.C29H22NO/c1-19-16-28-26-15-14-24(21(3)30(26)33-31(28)25-13-9-8-12-23(19)25)29-17-27(20(2)18-32(29)4)22-10-6-5-7-11-22;1-19-18-31(3)28(17-27(19)21-9-5-4-6-10-21)23-15-16-25-26-14-13-22-11-7-8-12-24(22)30(26)32-29(25)20(23)2;1-20-24(28-19-22(16-17-31(28)2)18-21-8-4-3-5-9-21)14-15-26-27-13-12-23-10-6-7-11-25(23)30(27)32-29(20)26;1-19-23(27-18-22(16-17-30(27)2)20-8-4-3-5-9-20)14-15-25-26-13-12-21-10-6-7-11-24(21)29(26)31-28(19)25/h5-18H,1-4H3;4-18H,1-3H3;6-7,10-17,19,21H,3-5,8-9,18H2,1-2H3;3-18H,1-2H3/q4*+1. The van der Waals surface area contributed by atoms with Gasteiger partial charge in [-0.25, -0.2) is 18.3 Å². The Balaban J connectivity index is 0.000000104. The smallest absolute Gasteiger partial charge is 0.213 e. The van der Waals surface area contributed by atoms with Crippen LogP contribution in [0.1, 0.15) is 76.6 Å². The van der Waals surface area contributed by atoms with E-state index in [1.165, 1.54) is 237 Å². The van der Waals surface area contributed by atoms with E-state index in [0.717, 1.165) is 61.4 Å². The van der Waals surface area contributed by atoms with Crippen molar-refractivity contribution in [3.8, 4) is 78.4 Å². The summed E-state index contributed by atoms with van der Waals surface area (Å²) in [6.45, 7) is 15.2. The Bertz CT molecular complexity index is 8330. The van der Waals surface area contributed by atoms with Crippen LogP contribution in [0.3, 0.4) is 0 Å². The van der Waals surface area contributed by atoms with Crippen LogP contribution in [0.25, 0.3) is 209 Å². The molecule has 0 amide bonds. The van der Waals surface area contributed by atoms with E-state index >= 15 is 0 Å². The van der Waals surface area contributed by atoms with E-state index in [0.29, 0.717) is 0 Å². The molecule has 15 aromatic carbocycles. The highest BCUT2D eigenvalue weighted by molar-refractivity contribution is 6.20. The summed E-state index contributed by atoms with van der Waals surface area (Å²) >= 11 is 0. The molecule has 0 aliphatic heterocycles. The number of nitrogens with zero attached hydrogens (tertiary/aromatic N) is 4. The minimum absolute atomic E-state index is 0.844. The van der Waals surface area contributed by atoms with Crippen LogP contribution in [-0.2, 0) is 34.6 Å². The van der Waals surface area contributed by atoms with E-state index < -0.39 is 0 Å². The Labute approximate surface area is 746 Å². The van der Waals surface area contributed by atoms with Crippen LogP contribution in [0, 0.1) is 54.4 Å². The zero-order valence-corrected chi connectivity index (χ0v) is 74.6. The van der Waals surface area contributed by atoms with Gasteiger partial charge >= 0.3 is 0 Å². The molecule has 0 unspecified atom stereocenters. The highest BCUT2D eigenvalue weighted by Crippen LogP contribution is 2.46. The highest BCUT2D eigenvalue weighted by atomic mass is 16.3. The van der Waals surface area contributed by atoms with Gasteiger partial charge in [0.2, 0.25) is 22.8 Å². The van der Waals surface area contributed by atoms with Gasteiger partial charge in [0.25, 0.3) is 0 Å². The van der Waals surface area contributed by atoms with Gasteiger partial charge < -0.3 is 17.7 Å². The fourth-order valence-corrected chi connectivity index (χ4v) is 20.5. The number of fused-ring (bicyclic) bond motifs is 20. The van der Waals surface area contributed by atoms with Crippen molar-refractivity contribution in [2.75, 3.05) is 0 Å². The number of hydrogen-bond acceptors (Lipinski definition) is 4. The molecule has 23 aromatic rings. The number of rotatable bonds is 9. The maximum atomic E-state index is 6.58. The number of aromatic nitrogens is 4. The van der Waals surface area contributed by atoms with Crippen molar-refractivity contribution in [3.05, 3.63) is 385 Å². The molecule has 8 heterocycles. The second-order valence-electron chi connectivity index (χ2n) is 35.5. The van der Waals surface area contributed by atoms with Crippen molar-refractivity contribution in [3.63, 3.8) is 0 Å². The molecule has 8 nitrogen and oxygen atoms in total. The van der Waals surface area contributed by atoms with E-state index in [2.05, 4.69) is 435 Å². The summed E-state index contributed by atoms with van der Waals surface area (Å²) < 4.78 is 35.0. The minimum atomic E-state index is 0.844. The molecule has 0 spiro atoms. The lowest BCUT2D eigenvalue weighted by Crippen LogP contribution is -2.31. The predicted octanol–water partition coefficient (Wildman–Crippen LogP) is 30.2. The van der Waals surface area contributed by atoms with Crippen LogP contribution in [0.4, 0.5) is 0 Å². The SMILES string of the molecule is Cc1c(-c2cc(-c3ccccc3)cc[n+]2C)ccc2c1oc1c3ccccc3ccc21.Cc1c(-c2cc(CC3CCCCC3)cc[n+]2C)ccc2c1oc1c3ccccc3ccc21.Cc1c[n+](C)c(-c2ccc3c(oc4c5ccccc5c(C)cc34)c2C)cc1-c1ccccc1.Cc1c[n+](C)c(-c2ccc3c(oc4c5ccccc5ccc34)c2C)cc1-c1ccccc1. The van der Waals surface area contributed by atoms with Crippen molar-refractivity contribution >= 4 is 131 Å². The van der Waals surface area contributed by atoms with Crippen LogP contribution in [0.15, 0.2) is 358 Å². The van der Waals surface area contributed by atoms with E-state index in [1.54, 1.807) is 0 Å². The molecule has 622 valence electrons. The Kier molecular flexibility index (Phi) is 20.8. The number of pyridine rings is 4. The molecule has 0 saturated heterocycles. The quantitative estimate of drug-likeness (QED) is 0.135. The van der Waals surface area contributed by atoms with Crippen LogP contribution in [0.2, 0.25) is 0 Å². The fraction of sp³-hybridized carbons (Fsp3) is 0.150. The Morgan fingerprint density at radius 3 is 0.977 bits per heavy atom. The maximum absolute atomic E-state index is 6.58. The first-order valence-corrected chi connectivity index (χ1v) is 45.1. The minimum Gasteiger partial charge on any atom is -0.455 e. The lowest BCUT2D eigenvalue weighted by Gasteiger charge is -2.21. The average Bonchev–Trinajstić information content (AvgIpc) is 1.59. The van der Waals surface area contributed by atoms with Crippen molar-refractivity contribution in [1.82, 2.24) is 0 Å². The molecule has 0 bridgehead atoms. The molecule has 1 saturated carbocycles. The summed E-state index contributed by atoms with van der Waals surface area (Å²) in [7, 11) is 8.48. The summed E-state index contributed by atoms with van der Waals surface area (Å²) in [4.78, 5) is 0. The van der Waals surface area contributed by atoms with Crippen molar-refractivity contribution in [1.29, 1.82) is 0 Å². The molecule has 8 aromatic heterocycles. The second kappa shape index (κ2) is 33.2. The van der Waals surface area contributed by atoms with Crippen LogP contribution in [0.5, 0.6) is 0 Å². The highest BCUT2D eigenvalue weighted by Gasteiger charge is 2.28. The number of furan rings is 4. The van der Waals surface area contributed by atoms with Gasteiger partial charge in [-0.1, -0.05) is 238 Å². The first-order valence-electron chi connectivity index (χ1n) is 45.1. The first-order chi connectivity index (χ1) is 62.5. The van der Waals surface area contributed by atoms with E-state index in [4.69, 9.17) is 17.7 Å². The van der Waals surface area contributed by atoms with Crippen LogP contribution in [-0.4, -0.2) is 0 Å². The van der Waals surface area contributed by atoms with Crippen LogP contribution >= 0.6 is 0 Å². The fourth-order valence-electron chi connectivity index (χ4n) is 20.5. The molecular formula is C120H102N4O4+4. The van der Waals surface area contributed by atoms with Gasteiger partial charge in [-0.3, -0.25) is 0 Å². The van der Waals surface area contributed by atoms with Crippen molar-refractivity contribution < 1.29 is 35.9 Å². The van der Waals surface area contributed by atoms with E-state index in [9.17, 15) is 0 Å². The molecule has 128 heavy (non-hydrogen) atoms. The van der Waals surface area contributed by atoms with Gasteiger partial charge in [-0.05, 0) is 200 Å². The molecule has 0 radical (unpaired) electrons. The van der Waals surface area contributed by atoms with Crippen LogP contribution < -0.4 is 18.3 Å². The van der Waals surface area contributed by atoms with Gasteiger partial charge in [0.05, 0.1) is 22.3 Å². The summed E-state index contributed by atoms with van der Waals surface area (Å²) in [6.07, 6.45) is 17.0. The summed E-state index contributed by atoms with van der Waals surface area (Å²) in [5, 5.41) is 19.0. The zero-order valence-electron chi connectivity index (χ0n) is 74.6. The van der Waals surface area contributed by atoms with E-state index in [-0.39, 0.29) is 0 Å². The lowest BCUT2D eigenvalue weighted by atomic mass is 9.85. The molecule has 1 aliphatic rings. The third kappa shape index (κ3) is 14.4. The van der Waals surface area contributed by atoms with Crippen molar-refractivity contribution in [2.45, 2.75) is 87.0 Å². The molecule has 1 aliphatic carbocycles. The third-order valence-electron chi connectivity index (χ3n) is 27.4. The predicted molar refractivity (Wildman–Crippen MR) is 531 cm³/mol.